The van der Waals surface area contributed by atoms with Gasteiger partial charge in [0.2, 0.25) is 0 Å². The number of aliphatic hydroxyl groups excluding tert-OH is 1. The highest BCUT2D eigenvalue weighted by Gasteiger charge is 2.45. The number of likely N-dealkylation sites (tertiary alicyclic amines) is 1. The highest BCUT2D eigenvalue weighted by molar-refractivity contribution is 6.46. The molecule has 2 aromatic rings. The molecule has 0 spiro atoms. The number of non-ortho nitro benzene ring substituents is 1. The molecular formula is C20H19N3O6. The Hall–Kier alpha value is -3.59. The van der Waals surface area contributed by atoms with Crippen LogP contribution < -0.4 is 0 Å². The summed E-state index contributed by atoms with van der Waals surface area (Å²) in [6.45, 7) is 0.619. The van der Waals surface area contributed by atoms with Crippen LogP contribution in [0.25, 0.3) is 5.76 Å². The van der Waals surface area contributed by atoms with Crippen LogP contribution in [-0.4, -0.2) is 51.9 Å². The lowest BCUT2D eigenvalue weighted by molar-refractivity contribution is -0.384. The predicted octanol–water partition coefficient (Wildman–Crippen LogP) is 2.45. The molecule has 1 aromatic carbocycles. The fraction of sp³-hybridized carbons (Fsp3) is 0.250. The highest BCUT2D eigenvalue weighted by Crippen LogP contribution is 2.39. The van der Waals surface area contributed by atoms with Crippen LogP contribution in [0.4, 0.5) is 5.69 Å². The Morgan fingerprint density at radius 2 is 1.86 bits per heavy atom. The number of aliphatic hydroxyl groups is 1. The summed E-state index contributed by atoms with van der Waals surface area (Å²) < 4.78 is 5.02. The zero-order valence-corrected chi connectivity index (χ0v) is 15.6. The first kappa shape index (κ1) is 20.2. The maximum absolute atomic E-state index is 12.8. The van der Waals surface area contributed by atoms with Crippen molar-refractivity contribution >= 4 is 23.1 Å². The first-order valence-corrected chi connectivity index (χ1v) is 8.87. The minimum absolute atomic E-state index is 0.0625. The van der Waals surface area contributed by atoms with E-state index in [9.17, 15) is 24.8 Å². The second-order valence-corrected chi connectivity index (χ2v) is 6.42. The summed E-state index contributed by atoms with van der Waals surface area (Å²) >= 11 is 0. The largest absolute Gasteiger partial charge is 0.507 e. The number of hydrogen-bond donors (Lipinski definition) is 1. The molecule has 1 amide bonds. The van der Waals surface area contributed by atoms with Crippen LogP contribution in [0.1, 0.15) is 23.6 Å². The number of benzene rings is 1. The number of carbonyl (C=O) groups is 2. The molecule has 1 aromatic heterocycles. The van der Waals surface area contributed by atoms with Gasteiger partial charge in [0.05, 0.1) is 16.5 Å². The number of nitrogens with zero attached hydrogens (tertiary/aromatic N) is 3. The molecule has 0 saturated carbocycles. The number of ether oxygens (including phenoxy) is 1. The lowest BCUT2D eigenvalue weighted by atomic mass is 9.95. The minimum atomic E-state index is -0.860. The Bertz CT molecular complexity index is 956. The Morgan fingerprint density at radius 3 is 2.45 bits per heavy atom. The smallest absolute Gasteiger partial charge is 0.295 e. The SMILES string of the molecule is COCCCN1C(=O)C(=O)C(=C(O)c2ccncc2)C1c1ccc([N+](=O)[O-])cc1. The molecular weight excluding hydrogens is 378 g/mol. The molecule has 9 nitrogen and oxygen atoms in total. The van der Waals surface area contributed by atoms with Crippen molar-refractivity contribution in [3.8, 4) is 0 Å². The summed E-state index contributed by atoms with van der Waals surface area (Å²) in [7, 11) is 1.53. The van der Waals surface area contributed by atoms with Crippen molar-refractivity contribution in [2.24, 2.45) is 0 Å². The first-order valence-electron chi connectivity index (χ1n) is 8.87. The summed E-state index contributed by atoms with van der Waals surface area (Å²) in [6.07, 6.45) is 3.41. The van der Waals surface area contributed by atoms with Crippen LogP contribution >= 0.6 is 0 Å². The third kappa shape index (κ3) is 3.99. The maximum Gasteiger partial charge on any atom is 0.295 e. The van der Waals surface area contributed by atoms with Crippen LogP contribution in [0.15, 0.2) is 54.4 Å². The molecule has 150 valence electrons. The molecule has 3 rings (SSSR count). The van der Waals surface area contributed by atoms with Crippen molar-refractivity contribution in [3.63, 3.8) is 0 Å². The van der Waals surface area contributed by atoms with Gasteiger partial charge in [-0.1, -0.05) is 0 Å². The van der Waals surface area contributed by atoms with E-state index in [0.29, 0.717) is 24.2 Å². The van der Waals surface area contributed by atoms with E-state index in [-0.39, 0.29) is 23.6 Å². The number of amides is 1. The van der Waals surface area contributed by atoms with Crippen molar-refractivity contribution in [1.82, 2.24) is 9.88 Å². The lowest BCUT2D eigenvalue weighted by Crippen LogP contribution is -2.31. The lowest BCUT2D eigenvalue weighted by Gasteiger charge is -2.25. The number of nitro groups is 1. The Labute approximate surface area is 166 Å². The van der Waals surface area contributed by atoms with Crippen LogP contribution in [0.2, 0.25) is 0 Å². The van der Waals surface area contributed by atoms with Gasteiger partial charge in [0.25, 0.3) is 17.4 Å². The maximum atomic E-state index is 12.8. The molecule has 1 aliphatic heterocycles. The van der Waals surface area contributed by atoms with Gasteiger partial charge in [-0.3, -0.25) is 24.7 Å². The summed E-state index contributed by atoms with van der Waals surface area (Å²) in [6, 6.07) is 7.77. The highest BCUT2D eigenvalue weighted by atomic mass is 16.6. The van der Waals surface area contributed by atoms with Crippen LogP contribution in [0, 0.1) is 10.1 Å². The number of nitro benzene ring substituents is 1. The number of Topliss-reactive ketones (excluding diaryl/α,β-unsaturated/α-hetero) is 1. The molecule has 1 atom stereocenters. The third-order valence-electron chi connectivity index (χ3n) is 4.66. The van der Waals surface area contributed by atoms with Gasteiger partial charge in [-0.05, 0) is 36.2 Å². The van der Waals surface area contributed by atoms with Gasteiger partial charge < -0.3 is 14.7 Å². The molecule has 1 unspecified atom stereocenters. The average molecular weight is 397 g/mol. The summed E-state index contributed by atoms with van der Waals surface area (Å²) in [4.78, 5) is 41.1. The summed E-state index contributed by atoms with van der Waals surface area (Å²) in [5.41, 5.74) is 0.663. The van der Waals surface area contributed by atoms with E-state index in [1.807, 2.05) is 0 Å². The number of ketones is 1. The van der Waals surface area contributed by atoms with Gasteiger partial charge in [0, 0.05) is 50.4 Å². The normalized spacial score (nSPS) is 18.2. The van der Waals surface area contributed by atoms with Gasteiger partial charge in [0.1, 0.15) is 5.76 Å². The van der Waals surface area contributed by atoms with E-state index in [2.05, 4.69) is 4.98 Å². The van der Waals surface area contributed by atoms with E-state index in [1.165, 1.54) is 60.8 Å². The number of pyridine rings is 1. The van der Waals surface area contributed by atoms with Crippen LogP contribution in [-0.2, 0) is 14.3 Å². The monoisotopic (exact) mass is 397 g/mol. The minimum Gasteiger partial charge on any atom is -0.507 e. The van der Waals surface area contributed by atoms with E-state index >= 15 is 0 Å². The Morgan fingerprint density at radius 1 is 1.21 bits per heavy atom. The molecule has 0 radical (unpaired) electrons. The number of hydrogen-bond acceptors (Lipinski definition) is 7. The molecule has 9 heteroatoms. The zero-order chi connectivity index (χ0) is 21.0. The van der Waals surface area contributed by atoms with Gasteiger partial charge in [-0.15, -0.1) is 0 Å². The van der Waals surface area contributed by atoms with Crippen LogP contribution in [0.5, 0.6) is 0 Å². The third-order valence-corrected chi connectivity index (χ3v) is 4.66. The average Bonchev–Trinajstić information content (AvgIpc) is 2.99. The van der Waals surface area contributed by atoms with E-state index in [1.54, 1.807) is 0 Å². The fourth-order valence-corrected chi connectivity index (χ4v) is 3.28. The first-order chi connectivity index (χ1) is 14.0. The van der Waals surface area contributed by atoms with Gasteiger partial charge >= 0.3 is 0 Å². The second kappa shape index (κ2) is 8.61. The van der Waals surface area contributed by atoms with E-state index < -0.39 is 22.7 Å². The molecule has 0 aliphatic carbocycles. The molecule has 1 saturated heterocycles. The Kier molecular flexibility index (Phi) is 5.99. The van der Waals surface area contributed by atoms with E-state index in [4.69, 9.17) is 4.74 Å². The van der Waals surface area contributed by atoms with Crippen molar-refractivity contribution in [3.05, 3.63) is 75.6 Å². The van der Waals surface area contributed by atoms with Crippen molar-refractivity contribution in [2.45, 2.75) is 12.5 Å². The van der Waals surface area contributed by atoms with Gasteiger partial charge in [0.15, 0.2) is 0 Å². The van der Waals surface area contributed by atoms with Crippen molar-refractivity contribution < 1.29 is 24.4 Å². The molecule has 2 heterocycles. The summed E-state index contributed by atoms with van der Waals surface area (Å²) in [5.74, 6) is -1.86. The molecule has 29 heavy (non-hydrogen) atoms. The number of methoxy groups -OCH3 is 1. The zero-order valence-electron chi connectivity index (χ0n) is 15.6. The van der Waals surface area contributed by atoms with Crippen molar-refractivity contribution in [1.29, 1.82) is 0 Å². The Balaban J connectivity index is 2.10. The topological polar surface area (TPSA) is 123 Å². The standard InChI is InChI=1S/C20H19N3O6/c1-29-12-2-11-22-17(13-3-5-15(6-4-13)23(27)28)16(19(25)20(22)26)18(24)14-7-9-21-10-8-14/h3-10,17,24H,2,11-12H2,1H3. The number of rotatable bonds is 7. The van der Waals surface area contributed by atoms with Gasteiger partial charge in [-0.25, -0.2) is 0 Å². The predicted molar refractivity (Wildman–Crippen MR) is 103 cm³/mol. The fourth-order valence-electron chi connectivity index (χ4n) is 3.28. The molecule has 1 aliphatic rings. The van der Waals surface area contributed by atoms with Crippen molar-refractivity contribution in [2.75, 3.05) is 20.3 Å². The molecule has 1 N–H and O–H groups in total. The molecule has 0 bridgehead atoms. The molecule has 1 fully saturated rings. The number of carbonyl (C=O) groups excluding carboxylic acids is 2. The van der Waals surface area contributed by atoms with E-state index in [0.717, 1.165) is 0 Å². The second-order valence-electron chi connectivity index (χ2n) is 6.42. The summed E-state index contributed by atoms with van der Waals surface area (Å²) in [5, 5.41) is 21.7. The van der Waals surface area contributed by atoms with Gasteiger partial charge in [-0.2, -0.15) is 0 Å². The number of aromatic nitrogens is 1. The quantitative estimate of drug-likeness (QED) is 0.190. The van der Waals surface area contributed by atoms with Crippen LogP contribution in [0.3, 0.4) is 0 Å².